The van der Waals surface area contributed by atoms with E-state index in [4.69, 9.17) is 0 Å². The van der Waals surface area contributed by atoms with Gasteiger partial charge in [0.2, 0.25) is 5.91 Å². The number of nitrogens with one attached hydrogen (secondary N) is 2. The van der Waals surface area contributed by atoms with E-state index in [0.29, 0.717) is 11.1 Å². The van der Waals surface area contributed by atoms with Gasteiger partial charge in [-0.1, -0.05) is 19.3 Å². The zero-order chi connectivity index (χ0) is 18.4. The van der Waals surface area contributed by atoms with Crippen molar-refractivity contribution in [2.75, 3.05) is 31.5 Å². The maximum atomic E-state index is 12.2. The van der Waals surface area contributed by atoms with Gasteiger partial charge in [-0.2, -0.15) is 0 Å². The molecule has 6 nitrogen and oxygen atoms in total. The lowest BCUT2D eigenvalue weighted by atomic mass is 9.73. The lowest BCUT2D eigenvalue weighted by Crippen LogP contribution is -2.42. The Bertz CT molecular complexity index is 642. The number of guanidine groups is 1. The number of amides is 1. The Labute approximate surface area is 178 Å². The summed E-state index contributed by atoms with van der Waals surface area (Å²) < 4.78 is 0. The Morgan fingerprint density at radius 2 is 1.89 bits per heavy atom. The van der Waals surface area contributed by atoms with Crippen molar-refractivity contribution in [1.29, 1.82) is 0 Å². The molecule has 1 aromatic rings. The fourth-order valence-electron chi connectivity index (χ4n) is 4.14. The number of rotatable bonds is 4. The van der Waals surface area contributed by atoms with Crippen molar-refractivity contribution >= 4 is 41.5 Å². The molecule has 1 aliphatic heterocycles. The third kappa shape index (κ3) is 5.99. The molecule has 1 saturated heterocycles. The minimum absolute atomic E-state index is 0. The van der Waals surface area contributed by atoms with Crippen LogP contribution in [0.5, 0.6) is 5.75 Å². The Balaban J connectivity index is 0.00000261. The maximum absolute atomic E-state index is 12.2. The Kier molecular flexibility index (Phi) is 8.19. The molecule has 0 bridgehead atoms. The standard InChI is InChI=1S/C20H30N4O2.HI/c1-2-21-19(24-13-12-20(15-24)10-4-3-5-11-20)22-14-18(26)23-16-6-8-17(25)9-7-16;/h6-9,25H,2-5,10-15H2,1H3,(H,21,22)(H,23,26);1H. The van der Waals surface area contributed by atoms with Crippen molar-refractivity contribution in [3.8, 4) is 5.75 Å². The van der Waals surface area contributed by atoms with Crippen molar-refractivity contribution in [3.63, 3.8) is 0 Å². The van der Waals surface area contributed by atoms with Crippen LogP contribution in [0.25, 0.3) is 0 Å². The van der Waals surface area contributed by atoms with Gasteiger partial charge in [-0.25, -0.2) is 4.99 Å². The molecule has 3 rings (SSSR count). The maximum Gasteiger partial charge on any atom is 0.246 e. The molecule has 0 aromatic heterocycles. The zero-order valence-corrected chi connectivity index (χ0v) is 18.4. The monoisotopic (exact) mass is 486 g/mol. The van der Waals surface area contributed by atoms with Crippen molar-refractivity contribution in [1.82, 2.24) is 10.2 Å². The molecule has 2 fully saturated rings. The second kappa shape index (κ2) is 10.1. The third-order valence-electron chi connectivity index (χ3n) is 5.51. The van der Waals surface area contributed by atoms with E-state index in [1.165, 1.54) is 38.5 Å². The van der Waals surface area contributed by atoms with E-state index < -0.39 is 0 Å². The van der Waals surface area contributed by atoms with E-state index in [2.05, 4.69) is 27.4 Å². The number of likely N-dealkylation sites (tertiary alicyclic amines) is 1. The molecule has 0 unspecified atom stereocenters. The summed E-state index contributed by atoms with van der Waals surface area (Å²) in [5.74, 6) is 0.870. The highest BCUT2D eigenvalue weighted by Gasteiger charge is 2.39. The summed E-state index contributed by atoms with van der Waals surface area (Å²) in [7, 11) is 0. The highest BCUT2D eigenvalue weighted by atomic mass is 127. The first-order valence-electron chi connectivity index (χ1n) is 9.72. The predicted octanol–water partition coefficient (Wildman–Crippen LogP) is 3.57. The number of phenolic OH excluding ortho intramolecular Hbond substituents is 1. The second-order valence-corrected chi connectivity index (χ2v) is 7.50. The van der Waals surface area contributed by atoms with Gasteiger partial charge in [0, 0.05) is 25.3 Å². The predicted molar refractivity (Wildman–Crippen MR) is 120 cm³/mol. The summed E-state index contributed by atoms with van der Waals surface area (Å²) in [5, 5.41) is 15.5. The topological polar surface area (TPSA) is 77.0 Å². The van der Waals surface area contributed by atoms with Crippen molar-refractivity contribution in [3.05, 3.63) is 24.3 Å². The number of hydrogen-bond donors (Lipinski definition) is 3. The third-order valence-corrected chi connectivity index (χ3v) is 5.51. The van der Waals surface area contributed by atoms with E-state index in [9.17, 15) is 9.90 Å². The SMILES string of the molecule is CCNC(=NCC(=O)Nc1ccc(O)cc1)N1CCC2(CCCCC2)C1.I. The quantitative estimate of drug-likeness (QED) is 0.263. The Hall–Kier alpha value is -1.51. The van der Waals surface area contributed by atoms with Gasteiger partial charge in [0.25, 0.3) is 0 Å². The first kappa shape index (κ1) is 21.8. The van der Waals surface area contributed by atoms with Crippen LogP contribution in [0.2, 0.25) is 0 Å². The molecule has 0 radical (unpaired) electrons. The smallest absolute Gasteiger partial charge is 0.246 e. The molecule has 1 aromatic carbocycles. The van der Waals surface area contributed by atoms with Crippen LogP contribution in [0.1, 0.15) is 45.4 Å². The fourth-order valence-corrected chi connectivity index (χ4v) is 4.14. The fraction of sp³-hybridized carbons (Fsp3) is 0.600. The Morgan fingerprint density at radius 3 is 2.56 bits per heavy atom. The molecule has 0 atom stereocenters. The summed E-state index contributed by atoms with van der Waals surface area (Å²) in [6.07, 6.45) is 7.94. The summed E-state index contributed by atoms with van der Waals surface area (Å²) in [6.45, 7) is 5.01. The molecule has 7 heteroatoms. The van der Waals surface area contributed by atoms with Crippen molar-refractivity contribution in [2.24, 2.45) is 10.4 Å². The van der Waals surface area contributed by atoms with Crippen LogP contribution in [0, 0.1) is 5.41 Å². The summed E-state index contributed by atoms with van der Waals surface area (Å²) in [6, 6.07) is 6.46. The lowest BCUT2D eigenvalue weighted by molar-refractivity contribution is -0.114. The largest absolute Gasteiger partial charge is 0.508 e. The number of anilines is 1. The van der Waals surface area contributed by atoms with Crippen LogP contribution in [0.3, 0.4) is 0 Å². The Morgan fingerprint density at radius 1 is 1.19 bits per heavy atom. The molecular weight excluding hydrogens is 455 g/mol. The second-order valence-electron chi connectivity index (χ2n) is 7.50. The van der Waals surface area contributed by atoms with Crippen LogP contribution in [0.15, 0.2) is 29.3 Å². The van der Waals surface area contributed by atoms with Crippen molar-refractivity contribution in [2.45, 2.75) is 45.4 Å². The molecular formula is C20H31IN4O2. The number of nitrogens with zero attached hydrogens (tertiary/aromatic N) is 2. The average molecular weight is 486 g/mol. The zero-order valence-electron chi connectivity index (χ0n) is 16.0. The molecule has 150 valence electrons. The van der Waals surface area contributed by atoms with E-state index in [-0.39, 0.29) is 42.2 Å². The van der Waals surface area contributed by atoms with Crippen LogP contribution < -0.4 is 10.6 Å². The van der Waals surface area contributed by atoms with Crippen LogP contribution in [-0.2, 0) is 4.79 Å². The van der Waals surface area contributed by atoms with Crippen LogP contribution >= 0.6 is 24.0 Å². The number of phenols is 1. The normalized spacial score (nSPS) is 18.9. The van der Waals surface area contributed by atoms with Gasteiger partial charge in [0.05, 0.1) is 0 Å². The highest BCUT2D eigenvalue weighted by Crippen LogP contribution is 2.43. The molecule has 1 amide bonds. The van der Waals surface area contributed by atoms with E-state index in [0.717, 1.165) is 25.6 Å². The lowest BCUT2D eigenvalue weighted by Gasteiger charge is -2.33. The van der Waals surface area contributed by atoms with Gasteiger partial charge in [-0.15, -0.1) is 24.0 Å². The summed E-state index contributed by atoms with van der Waals surface area (Å²) in [5.41, 5.74) is 1.12. The van der Waals surface area contributed by atoms with E-state index >= 15 is 0 Å². The van der Waals surface area contributed by atoms with Gasteiger partial charge >= 0.3 is 0 Å². The number of benzene rings is 1. The number of carbonyl (C=O) groups excluding carboxylic acids is 1. The van der Waals surface area contributed by atoms with Crippen LogP contribution in [0.4, 0.5) is 5.69 Å². The molecule has 1 aliphatic carbocycles. The molecule has 1 spiro atoms. The van der Waals surface area contributed by atoms with Gasteiger partial charge in [0.1, 0.15) is 12.3 Å². The van der Waals surface area contributed by atoms with Gasteiger partial charge < -0.3 is 20.6 Å². The number of carbonyl (C=O) groups is 1. The molecule has 1 saturated carbocycles. The van der Waals surface area contributed by atoms with E-state index in [1.54, 1.807) is 24.3 Å². The number of halogens is 1. The number of hydrogen-bond acceptors (Lipinski definition) is 3. The first-order chi connectivity index (χ1) is 12.6. The van der Waals surface area contributed by atoms with Gasteiger partial charge in [0.15, 0.2) is 5.96 Å². The number of aromatic hydroxyl groups is 1. The van der Waals surface area contributed by atoms with Gasteiger partial charge in [-0.05, 0) is 55.9 Å². The first-order valence-corrected chi connectivity index (χ1v) is 9.72. The summed E-state index contributed by atoms with van der Waals surface area (Å²) >= 11 is 0. The minimum atomic E-state index is -0.155. The minimum Gasteiger partial charge on any atom is -0.508 e. The van der Waals surface area contributed by atoms with Crippen LogP contribution in [-0.4, -0.2) is 48.1 Å². The molecule has 27 heavy (non-hydrogen) atoms. The molecule has 1 heterocycles. The van der Waals surface area contributed by atoms with Crippen molar-refractivity contribution < 1.29 is 9.90 Å². The summed E-state index contributed by atoms with van der Waals surface area (Å²) in [4.78, 5) is 19.1. The molecule has 2 aliphatic rings. The molecule has 3 N–H and O–H groups in total. The van der Waals surface area contributed by atoms with Gasteiger partial charge in [-0.3, -0.25) is 4.79 Å². The van der Waals surface area contributed by atoms with E-state index in [1.807, 2.05) is 0 Å². The average Bonchev–Trinajstić information content (AvgIpc) is 3.04. The number of aliphatic imine (C=N–C) groups is 1. The highest BCUT2D eigenvalue weighted by molar-refractivity contribution is 14.0.